The zero-order valence-electron chi connectivity index (χ0n) is 10.1. The van der Waals surface area contributed by atoms with Crippen molar-refractivity contribution >= 4 is 11.1 Å². The number of dihydropyridines is 2. The molecule has 0 saturated heterocycles. The third kappa shape index (κ3) is 2.20. The number of nitrogens with one attached hydrogen (secondary N) is 2. The lowest BCUT2D eigenvalue weighted by Gasteiger charge is -2.14. The van der Waals surface area contributed by atoms with E-state index in [2.05, 4.69) is 41.0 Å². The van der Waals surface area contributed by atoms with Crippen LogP contribution in [0.5, 0.6) is 0 Å². The van der Waals surface area contributed by atoms with Crippen molar-refractivity contribution < 1.29 is 0 Å². The second-order valence-corrected chi connectivity index (χ2v) is 4.27. The van der Waals surface area contributed by atoms with Crippen LogP contribution in [0, 0.1) is 0 Å². The number of allylic oxidation sites excluding steroid dienone is 4. The highest BCUT2D eigenvalue weighted by Gasteiger charge is 2.08. The van der Waals surface area contributed by atoms with Crippen molar-refractivity contribution in [1.29, 1.82) is 0 Å². The summed E-state index contributed by atoms with van der Waals surface area (Å²) in [7, 11) is 0. The Bertz CT molecular complexity index is 518. The molecule has 0 atom stereocenters. The van der Waals surface area contributed by atoms with Crippen molar-refractivity contribution in [2.75, 3.05) is 13.1 Å². The zero-order valence-corrected chi connectivity index (χ0v) is 10.1. The number of aromatic nitrogens is 1. The first kappa shape index (κ1) is 10.8. The Morgan fingerprint density at radius 3 is 1.83 bits per heavy atom. The molecule has 3 heteroatoms. The van der Waals surface area contributed by atoms with Crippen LogP contribution in [-0.4, -0.2) is 18.1 Å². The van der Waals surface area contributed by atoms with Crippen LogP contribution in [0.2, 0.25) is 0 Å². The minimum absolute atomic E-state index is 0.837. The summed E-state index contributed by atoms with van der Waals surface area (Å²) in [5, 5.41) is 6.41. The summed E-state index contributed by atoms with van der Waals surface area (Å²) in [5.41, 5.74) is 4.53. The van der Waals surface area contributed by atoms with Crippen LogP contribution in [0.25, 0.3) is 11.1 Å². The lowest BCUT2D eigenvalue weighted by atomic mass is 10.1. The van der Waals surface area contributed by atoms with Crippen LogP contribution in [0.3, 0.4) is 0 Å². The summed E-state index contributed by atoms with van der Waals surface area (Å²) in [6, 6.07) is 6.18. The average Bonchev–Trinajstić information content (AvgIpc) is 2.49. The van der Waals surface area contributed by atoms with Gasteiger partial charge in [-0.1, -0.05) is 18.2 Å². The van der Waals surface area contributed by atoms with Gasteiger partial charge in [-0.05, 0) is 47.8 Å². The van der Waals surface area contributed by atoms with Gasteiger partial charge in [0.25, 0.3) is 0 Å². The highest BCUT2D eigenvalue weighted by atomic mass is 14.9. The van der Waals surface area contributed by atoms with Crippen molar-refractivity contribution in [1.82, 2.24) is 15.6 Å². The van der Waals surface area contributed by atoms with Gasteiger partial charge in [-0.15, -0.1) is 0 Å². The van der Waals surface area contributed by atoms with Gasteiger partial charge in [0, 0.05) is 13.1 Å². The Morgan fingerprint density at radius 1 is 0.833 bits per heavy atom. The minimum Gasteiger partial charge on any atom is -0.387 e. The first-order valence-corrected chi connectivity index (χ1v) is 6.09. The molecule has 2 N–H and O–H groups in total. The number of rotatable bonds is 2. The quantitative estimate of drug-likeness (QED) is 0.827. The highest BCUT2D eigenvalue weighted by molar-refractivity contribution is 5.71. The van der Waals surface area contributed by atoms with Gasteiger partial charge >= 0.3 is 0 Å². The fraction of sp³-hybridized carbons (Fsp3) is 0.133. The van der Waals surface area contributed by atoms with E-state index >= 15 is 0 Å². The van der Waals surface area contributed by atoms with E-state index in [4.69, 9.17) is 4.98 Å². The summed E-state index contributed by atoms with van der Waals surface area (Å²) in [6.45, 7) is 1.67. The van der Waals surface area contributed by atoms with E-state index in [0.717, 1.165) is 24.5 Å². The van der Waals surface area contributed by atoms with E-state index in [0.29, 0.717) is 0 Å². The van der Waals surface area contributed by atoms with Crippen LogP contribution in [0.15, 0.2) is 54.9 Å². The summed E-state index contributed by atoms with van der Waals surface area (Å²) in [6.07, 6.45) is 12.1. The molecule has 18 heavy (non-hydrogen) atoms. The lowest BCUT2D eigenvalue weighted by molar-refractivity contribution is 0.965. The molecule has 0 radical (unpaired) electrons. The molecule has 0 amide bonds. The zero-order chi connectivity index (χ0) is 12.2. The predicted octanol–water partition coefficient (Wildman–Crippen LogP) is 2.08. The number of nitrogens with zero attached hydrogens (tertiary/aromatic N) is 1. The van der Waals surface area contributed by atoms with Gasteiger partial charge in [0.1, 0.15) is 0 Å². The van der Waals surface area contributed by atoms with Crippen LogP contribution in [0.1, 0.15) is 11.4 Å². The van der Waals surface area contributed by atoms with Crippen molar-refractivity contribution in [2.45, 2.75) is 0 Å². The second-order valence-electron chi connectivity index (χ2n) is 4.27. The summed E-state index contributed by atoms with van der Waals surface area (Å²) in [4.78, 5) is 4.74. The average molecular weight is 237 g/mol. The van der Waals surface area contributed by atoms with Crippen LogP contribution < -0.4 is 10.6 Å². The molecule has 1 aromatic heterocycles. The number of hydrogen-bond donors (Lipinski definition) is 2. The van der Waals surface area contributed by atoms with Gasteiger partial charge < -0.3 is 10.6 Å². The Hall–Kier alpha value is -2.29. The Labute approximate surface area is 107 Å². The van der Waals surface area contributed by atoms with E-state index in [1.807, 2.05) is 24.6 Å². The van der Waals surface area contributed by atoms with Crippen LogP contribution in [-0.2, 0) is 0 Å². The van der Waals surface area contributed by atoms with Gasteiger partial charge in [-0.2, -0.15) is 0 Å². The summed E-state index contributed by atoms with van der Waals surface area (Å²) < 4.78 is 0. The fourth-order valence-corrected chi connectivity index (χ4v) is 2.06. The summed E-state index contributed by atoms with van der Waals surface area (Å²) >= 11 is 0. The first-order valence-electron chi connectivity index (χ1n) is 6.09. The molecular weight excluding hydrogens is 222 g/mol. The van der Waals surface area contributed by atoms with E-state index in [9.17, 15) is 0 Å². The highest BCUT2D eigenvalue weighted by Crippen LogP contribution is 2.18. The maximum Gasteiger partial charge on any atom is 0.0686 e. The van der Waals surface area contributed by atoms with Crippen molar-refractivity contribution in [3.05, 3.63) is 66.3 Å². The lowest BCUT2D eigenvalue weighted by Crippen LogP contribution is -2.14. The topological polar surface area (TPSA) is 37.0 Å². The predicted molar refractivity (Wildman–Crippen MR) is 74.5 cm³/mol. The number of hydrogen-bond acceptors (Lipinski definition) is 3. The van der Waals surface area contributed by atoms with Crippen molar-refractivity contribution in [3.63, 3.8) is 0 Å². The molecule has 0 aliphatic carbocycles. The molecular formula is C15H15N3. The second kappa shape index (κ2) is 4.92. The Kier molecular flexibility index (Phi) is 2.96. The van der Waals surface area contributed by atoms with Gasteiger partial charge in [0.15, 0.2) is 0 Å². The molecule has 90 valence electrons. The largest absolute Gasteiger partial charge is 0.387 e. The molecule has 3 nitrogen and oxygen atoms in total. The third-order valence-corrected chi connectivity index (χ3v) is 3.02. The van der Waals surface area contributed by atoms with Gasteiger partial charge in [0.05, 0.1) is 11.4 Å². The van der Waals surface area contributed by atoms with Gasteiger partial charge in [0.2, 0.25) is 0 Å². The van der Waals surface area contributed by atoms with Gasteiger partial charge in [-0.3, -0.25) is 0 Å². The van der Waals surface area contributed by atoms with E-state index in [1.165, 1.54) is 11.1 Å². The normalized spacial score (nSPS) is 17.6. The van der Waals surface area contributed by atoms with Gasteiger partial charge in [-0.25, -0.2) is 4.98 Å². The monoisotopic (exact) mass is 237 g/mol. The maximum absolute atomic E-state index is 4.74. The molecule has 2 aliphatic rings. The Balaban J connectivity index is 1.94. The molecule has 0 fully saturated rings. The molecule has 3 rings (SSSR count). The molecule has 0 bridgehead atoms. The Morgan fingerprint density at radius 2 is 1.39 bits per heavy atom. The molecule has 0 unspecified atom stereocenters. The van der Waals surface area contributed by atoms with E-state index in [-0.39, 0.29) is 0 Å². The SMILES string of the molecule is C1=CNCC(c2cccc(C3=CC=CNC3)n2)=C1. The summed E-state index contributed by atoms with van der Waals surface area (Å²) in [5.74, 6) is 0. The van der Waals surface area contributed by atoms with Crippen LogP contribution in [0.4, 0.5) is 0 Å². The van der Waals surface area contributed by atoms with Crippen molar-refractivity contribution in [3.8, 4) is 0 Å². The first-order chi connectivity index (χ1) is 8.93. The fourth-order valence-electron chi connectivity index (χ4n) is 2.06. The van der Waals surface area contributed by atoms with Crippen LogP contribution >= 0.6 is 0 Å². The van der Waals surface area contributed by atoms with E-state index in [1.54, 1.807) is 0 Å². The molecule has 0 aromatic carbocycles. The molecule has 0 spiro atoms. The smallest absolute Gasteiger partial charge is 0.0686 e. The molecule has 2 aliphatic heterocycles. The maximum atomic E-state index is 4.74. The standard InChI is InChI=1S/C15H15N3/c1-6-14(12-4-2-8-16-10-12)18-15(7-1)13-5-3-9-17-11-13/h1-9,16-17H,10-11H2. The van der Waals surface area contributed by atoms with E-state index < -0.39 is 0 Å². The van der Waals surface area contributed by atoms with Crippen molar-refractivity contribution in [2.24, 2.45) is 0 Å². The molecule has 0 saturated carbocycles. The molecule has 1 aromatic rings. The third-order valence-electron chi connectivity index (χ3n) is 3.02. The minimum atomic E-state index is 0.837. The number of pyridine rings is 1. The molecule has 3 heterocycles.